The van der Waals surface area contributed by atoms with E-state index in [2.05, 4.69) is 16.0 Å². The van der Waals surface area contributed by atoms with Crippen LogP contribution in [0.15, 0.2) is 29.1 Å². The van der Waals surface area contributed by atoms with Crippen molar-refractivity contribution in [2.45, 2.75) is 65.1 Å². The van der Waals surface area contributed by atoms with Crippen LogP contribution in [-0.4, -0.2) is 56.3 Å². The van der Waals surface area contributed by atoms with E-state index in [0.29, 0.717) is 53.2 Å². The summed E-state index contributed by atoms with van der Waals surface area (Å²) in [5, 5.41) is 18.0. The molecule has 0 bridgehead atoms. The zero-order chi connectivity index (χ0) is 30.4. The van der Waals surface area contributed by atoms with Gasteiger partial charge in [-0.15, -0.1) is 0 Å². The fourth-order valence-corrected chi connectivity index (χ4v) is 5.09. The van der Waals surface area contributed by atoms with Gasteiger partial charge in [0, 0.05) is 12.5 Å². The third kappa shape index (κ3) is 6.72. The Bertz CT molecular complexity index is 1380. The molecule has 3 rings (SSSR count). The van der Waals surface area contributed by atoms with Gasteiger partial charge in [-0.3, -0.25) is 14.4 Å². The number of anilines is 1. The normalized spacial score (nSPS) is 16.0. The monoisotopic (exact) mass is 569 g/mol. The number of benzene rings is 1. The zero-order valence-corrected chi connectivity index (χ0v) is 24.5. The molecule has 0 spiro atoms. The van der Waals surface area contributed by atoms with Gasteiger partial charge in [0.2, 0.25) is 23.0 Å². The number of aryl methyl sites for hydroxylation is 1. The molecule has 4 N–H and O–H groups in total. The van der Waals surface area contributed by atoms with Crippen LogP contribution < -0.4 is 35.6 Å². The number of rotatable bonds is 11. The highest BCUT2D eigenvalue weighted by Crippen LogP contribution is 2.50. The van der Waals surface area contributed by atoms with Gasteiger partial charge in [-0.25, -0.2) is 4.79 Å². The van der Waals surface area contributed by atoms with E-state index in [1.54, 1.807) is 26.0 Å². The summed E-state index contributed by atoms with van der Waals surface area (Å²) in [4.78, 5) is 50.2. The van der Waals surface area contributed by atoms with Crippen LogP contribution >= 0.6 is 0 Å². The molecule has 0 aliphatic heterocycles. The van der Waals surface area contributed by atoms with Crippen molar-refractivity contribution in [1.82, 2.24) is 10.6 Å². The maximum atomic E-state index is 13.5. The van der Waals surface area contributed by atoms with Crippen molar-refractivity contribution >= 4 is 23.5 Å². The van der Waals surface area contributed by atoms with Crippen LogP contribution in [0.5, 0.6) is 17.2 Å². The number of carbonyl (C=O) groups excluding carboxylic acids is 2. The van der Waals surface area contributed by atoms with E-state index in [0.717, 1.165) is 5.56 Å². The number of carbonyl (C=O) groups is 3. The molecule has 4 atom stereocenters. The molecule has 0 radical (unpaired) electrons. The van der Waals surface area contributed by atoms with Crippen LogP contribution in [0.25, 0.3) is 11.1 Å². The predicted molar refractivity (Wildman–Crippen MR) is 155 cm³/mol. The lowest BCUT2D eigenvalue weighted by Crippen LogP contribution is -2.49. The summed E-state index contributed by atoms with van der Waals surface area (Å²) < 4.78 is 16.9. The molecule has 2 aromatic carbocycles. The average molecular weight is 570 g/mol. The van der Waals surface area contributed by atoms with Gasteiger partial charge in [0.1, 0.15) is 12.1 Å². The summed E-state index contributed by atoms with van der Waals surface area (Å²) in [7, 11) is 4.57. The molecule has 222 valence electrons. The summed E-state index contributed by atoms with van der Waals surface area (Å²) in [6.07, 6.45) is 1.64. The van der Waals surface area contributed by atoms with Crippen molar-refractivity contribution in [2.24, 2.45) is 5.92 Å². The molecule has 2 amide bonds. The van der Waals surface area contributed by atoms with Crippen molar-refractivity contribution < 1.29 is 33.7 Å². The predicted octanol–water partition coefficient (Wildman–Crippen LogP) is 3.28. The summed E-state index contributed by atoms with van der Waals surface area (Å²) in [5.74, 6) is -0.882. The van der Waals surface area contributed by atoms with Gasteiger partial charge >= 0.3 is 5.97 Å². The van der Waals surface area contributed by atoms with Crippen molar-refractivity contribution in [3.63, 3.8) is 0 Å². The molecule has 11 heteroatoms. The van der Waals surface area contributed by atoms with E-state index in [4.69, 9.17) is 14.2 Å². The smallest absolute Gasteiger partial charge is 0.326 e. The van der Waals surface area contributed by atoms with E-state index in [9.17, 15) is 24.3 Å². The first kappa shape index (κ1) is 31.3. The fourth-order valence-electron chi connectivity index (χ4n) is 5.09. The van der Waals surface area contributed by atoms with Gasteiger partial charge in [0.05, 0.1) is 33.1 Å². The molecular weight excluding hydrogens is 530 g/mol. The van der Waals surface area contributed by atoms with Gasteiger partial charge in [0.25, 0.3) is 0 Å². The average Bonchev–Trinajstić information content (AvgIpc) is 3.18. The number of amides is 2. The largest absolute Gasteiger partial charge is 0.493 e. The SMILES string of the molecule is CCC(C)C(NC(=O)C(C)Nc1ccc2c(cc1=O)C(NC(C)=O)CCc1cc(OC)c(OC)c(OC)c1-2)C(=O)O. The first-order valence-electron chi connectivity index (χ1n) is 13.5. The number of ether oxygens (including phenoxy) is 3. The number of carboxylic acids is 1. The Morgan fingerprint density at radius 3 is 2.29 bits per heavy atom. The molecule has 0 fully saturated rings. The quantitative estimate of drug-likeness (QED) is 0.319. The minimum absolute atomic E-state index is 0.138. The molecule has 2 aromatic rings. The minimum atomic E-state index is -1.12. The number of hydrogen-bond donors (Lipinski definition) is 4. The maximum absolute atomic E-state index is 13.5. The van der Waals surface area contributed by atoms with Crippen molar-refractivity contribution in [2.75, 3.05) is 26.6 Å². The second-order valence-electron chi connectivity index (χ2n) is 10.2. The van der Waals surface area contributed by atoms with Crippen molar-refractivity contribution in [3.8, 4) is 28.4 Å². The number of methoxy groups -OCH3 is 3. The Labute approximate surface area is 239 Å². The molecule has 4 unspecified atom stereocenters. The third-order valence-electron chi connectivity index (χ3n) is 7.46. The van der Waals surface area contributed by atoms with Gasteiger partial charge in [-0.1, -0.05) is 26.3 Å². The van der Waals surface area contributed by atoms with Crippen LogP contribution in [0.4, 0.5) is 5.69 Å². The Morgan fingerprint density at radius 1 is 1.05 bits per heavy atom. The second-order valence-corrected chi connectivity index (χ2v) is 10.2. The maximum Gasteiger partial charge on any atom is 0.326 e. The number of carboxylic acid groups (broad SMARTS) is 1. The molecule has 1 aliphatic carbocycles. The summed E-state index contributed by atoms with van der Waals surface area (Å²) >= 11 is 0. The Hall–Kier alpha value is -4.28. The molecule has 11 nitrogen and oxygen atoms in total. The van der Waals surface area contributed by atoms with Crippen LogP contribution in [0, 0.1) is 5.92 Å². The zero-order valence-electron chi connectivity index (χ0n) is 24.5. The van der Waals surface area contributed by atoms with E-state index in [1.807, 2.05) is 13.0 Å². The van der Waals surface area contributed by atoms with E-state index < -0.39 is 35.4 Å². The van der Waals surface area contributed by atoms with Crippen LogP contribution in [-0.2, 0) is 20.8 Å². The number of hydrogen-bond acceptors (Lipinski definition) is 8. The Morgan fingerprint density at radius 2 is 1.73 bits per heavy atom. The Kier molecular flexibility index (Phi) is 10.2. The number of nitrogens with one attached hydrogen (secondary N) is 3. The van der Waals surface area contributed by atoms with Crippen LogP contribution in [0.2, 0.25) is 0 Å². The second kappa shape index (κ2) is 13.4. The molecule has 0 saturated carbocycles. The summed E-state index contributed by atoms with van der Waals surface area (Å²) in [6, 6.07) is 4.20. The lowest BCUT2D eigenvalue weighted by molar-refractivity contribution is -0.143. The van der Waals surface area contributed by atoms with E-state index in [-0.39, 0.29) is 17.5 Å². The topological polar surface area (TPSA) is 152 Å². The van der Waals surface area contributed by atoms with Crippen LogP contribution in [0.3, 0.4) is 0 Å². The first-order valence-corrected chi connectivity index (χ1v) is 13.5. The molecular formula is C30H39N3O8. The van der Waals surface area contributed by atoms with Gasteiger partial charge < -0.3 is 35.3 Å². The van der Waals surface area contributed by atoms with Crippen molar-refractivity contribution in [3.05, 3.63) is 45.6 Å². The first-order chi connectivity index (χ1) is 19.5. The van der Waals surface area contributed by atoms with E-state index >= 15 is 0 Å². The fraction of sp³-hybridized carbons (Fsp3) is 0.467. The highest BCUT2D eigenvalue weighted by atomic mass is 16.5. The lowest BCUT2D eigenvalue weighted by Gasteiger charge is -2.22. The standard InChI is InChI=1S/C30H39N3O8/c1-8-15(2)26(30(37)38)33-29(36)16(3)31-22-12-10-19-20(14-23(22)35)21(32-17(4)34)11-9-18-13-24(39-5)27(40-6)28(41-7)25(18)19/h10,12-16,21,26H,8-9,11H2,1-7H3,(H,31,35)(H,32,34)(H,33,36)(H,37,38). The van der Waals surface area contributed by atoms with Crippen LogP contribution in [0.1, 0.15) is 57.7 Å². The third-order valence-corrected chi connectivity index (χ3v) is 7.46. The number of fused-ring (bicyclic) bond motifs is 3. The summed E-state index contributed by atoms with van der Waals surface area (Å²) in [5.41, 5.74) is 2.57. The molecule has 0 saturated heterocycles. The highest BCUT2D eigenvalue weighted by Gasteiger charge is 2.30. The molecule has 0 heterocycles. The van der Waals surface area contributed by atoms with E-state index in [1.165, 1.54) is 34.3 Å². The van der Waals surface area contributed by atoms with Crippen molar-refractivity contribution in [1.29, 1.82) is 0 Å². The molecule has 0 aromatic heterocycles. The number of aliphatic carboxylic acids is 1. The van der Waals surface area contributed by atoms with Gasteiger partial charge in [-0.2, -0.15) is 0 Å². The molecule has 41 heavy (non-hydrogen) atoms. The molecule has 1 aliphatic rings. The highest BCUT2D eigenvalue weighted by molar-refractivity contribution is 5.89. The minimum Gasteiger partial charge on any atom is -0.493 e. The Balaban J connectivity index is 2.13. The van der Waals surface area contributed by atoms with Gasteiger partial charge in [-0.05, 0) is 60.6 Å². The summed E-state index contributed by atoms with van der Waals surface area (Å²) in [6.45, 7) is 6.57. The van der Waals surface area contributed by atoms with Gasteiger partial charge in [0.15, 0.2) is 11.5 Å². The lowest BCUT2D eigenvalue weighted by atomic mass is 9.95.